The molecule has 6 nitrogen and oxygen atoms in total. The van der Waals surface area contributed by atoms with E-state index in [0.29, 0.717) is 25.6 Å². The fraction of sp³-hybridized carbons (Fsp3) is 0.846. The number of amides is 2. The molecule has 1 aliphatic heterocycles. The molecule has 2 unspecified atom stereocenters. The predicted octanol–water partition coefficient (Wildman–Crippen LogP) is 0.975. The van der Waals surface area contributed by atoms with Crippen molar-refractivity contribution >= 4 is 12.0 Å². The van der Waals surface area contributed by atoms with Crippen molar-refractivity contribution in [3.63, 3.8) is 0 Å². The number of carboxylic acids is 1. The van der Waals surface area contributed by atoms with E-state index in [1.165, 1.54) is 4.90 Å². The number of carboxylic acid groups (broad SMARTS) is 1. The van der Waals surface area contributed by atoms with E-state index in [2.05, 4.69) is 24.1 Å². The number of nitrogens with one attached hydrogen (secondary N) is 1. The van der Waals surface area contributed by atoms with Gasteiger partial charge in [-0.2, -0.15) is 0 Å². The minimum absolute atomic E-state index is 0.262. The van der Waals surface area contributed by atoms with Crippen LogP contribution in [0.5, 0.6) is 0 Å². The number of hydrogen-bond acceptors (Lipinski definition) is 3. The number of hydrogen-bond donors (Lipinski definition) is 2. The van der Waals surface area contributed by atoms with E-state index >= 15 is 0 Å². The van der Waals surface area contributed by atoms with Gasteiger partial charge in [0.05, 0.1) is 0 Å². The maximum Gasteiger partial charge on any atom is 0.326 e. The first kappa shape index (κ1) is 15.8. The van der Waals surface area contributed by atoms with E-state index in [0.717, 1.165) is 19.4 Å². The van der Waals surface area contributed by atoms with Gasteiger partial charge in [0, 0.05) is 25.7 Å². The van der Waals surface area contributed by atoms with Gasteiger partial charge in [0.2, 0.25) is 0 Å². The second-order valence-electron chi connectivity index (χ2n) is 5.16. The highest BCUT2D eigenvalue weighted by molar-refractivity contribution is 5.83. The molecular formula is C13H25N3O3. The van der Waals surface area contributed by atoms with Crippen molar-refractivity contribution in [3.05, 3.63) is 0 Å². The summed E-state index contributed by atoms with van der Waals surface area (Å²) < 4.78 is 0. The number of carbonyl (C=O) groups is 2. The Hall–Kier alpha value is -1.30. The zero-order valence-corrected chi connectivity index (χ0v) is 12.1. The van der Waals surface area contributed by atoms with Crippen LogP contribution >= 0.6 is 0 Å². The van der Waals surface area contributed by atoms with Crippen molar-refractivity contribution in [2.75, 3.05) is 26.7 Å². The van der Waals surface area contributed by atoms with E-state index in [9.17, 15) is 9.59 Å². The molecule has 0 aliphatic carbocycles. The molecule has 0 aromatic carbocycles. The first-order valence-electron chi connectivity index (χ1n) is 6.94. The first-order chi connectivity index (χ1) is 8.97. The average Bonchev–Trinajstić information content (AvgIpc) is 2.86. The summed E-state index contributed by atoms with van der Waals surface area (Å²) in [7, 11) is 2.02. The molecule has 0 radical (unpaired) electrons. The summed E-state index contributed by atoms with van der Waals surface area (Å²) in [5.74, 6) is -0.913. The van der Waals surface area contributed by atoms with Gasteiger partial charge >= 0.3 is 12.0 Å². The van der Waals surface area contributed by atoms with Gasteiger partial charge in [-0.3, -0.25) is 0 Å². The second-order valence-corrected chi connectivity index (χ2v) is 5.16. The Balaban J connectivity index is 2.33. The van der Waals surface area contributed by atoms with Gasteiger partial charge in [-0.15, -0.1) is 0 Å². The Morgan fingerprint density at radius 3 is 2.79 bits per heavy atom. The maximum absolute atomic E-state index is 11.9. The Morgan fingerprint density at radius 1 is 1.53 bits per heavy atom. The van der Waals surface area contributed by atoms with Crippen LogP contribution < -0.4 is 5.32 Å². The monoisotopic (exact) mass is 271 g/mol. The van der Waals surface area contributed by atoms with Crippen LogP contribution in [0.3, 0.4) is 0 Å². The van der Waals surface area contributed by atoms with E-state index in [4.69, 9.17) is 5.11 Å². The normalized spacial score (nSPS) is 20.6. The van der Waals surface area contributed by atoms with Crippen LogP contribution in [-0.2, 0) is 4.79 Å². The molecule has 1 aliphatic rings. The summed E-state index contributed by atoms with van der Waals surface area (Å²) in [5.41, 5.74) is 0. The summed E-state index contributed by atoms with van der Waals surface area (Å²) >= 11 is 0. The summed E-state index contributed by atoms with van der Waals surface area (Å²) in [5, 5.41) is 11.8. The molecule has 0 saturated carbocycles. The molecule has 1 saturated heterocycles. The van der Waals surface area contributed by atoms with E-state index < -0.39 is 12.0 Å². The van der Waals surface area contributed by atoms with Gasteiger partial charge in [0.15, 0.2) is 0 Å². The van der Waals surface area contributed by atoms with Gasteiger partial charge in [-0.05, 0) is 33.2 Å². The molecule has 2 N–H and O–H groups in total. The molecule has 0 spiro atoms. The van der Waals surface area contributed by atoms with Crippen LogP contribution in [0, 0.1) is 0 Å². The summed E-state index contributed by atoms with van der Waals surface area (Å²) in [6.45, 7) is 6.11. The van der Waals surface area contributed by atoms with Crippen LogP contribution in [0.2, 0.25) is 0 Å². The van der Waals surface area contributed by atoms with E-state index in [-0.39, 0.29) is 6.03 Å². The van der Waals surface area contributed by atoms with Crippen LogP contribution in [0.4, 0.5) is 4.79 Å². The number of aliphatic carboxylic acids is 1. The number of urea groups is 1. The lowest BCUT2D eigenvalue weighted by atomic mass is 10.2. The SMILES string of the molecule is CCC(C)N(C)CCNC(=O)N1CCCC1C(=O)O. The van der Waals surface area contributed by atoms with Crippen molar-refractivity contribution in [1.29, 1.82) is 0 Å². The number of nitrogens with zero attached hydrogens (tertiary/aromatic N) is 2. The first-order valence-corrected chi connectivity index (χ1v) is 6.94. The molecule has 1 fully saturated rings. The highest BCUT2D eigenvalue weighted by atomic mass is 16.4. The second kappa shape index (κ2) is 7.33. The molecule has 0 aromatic rings. The molecule has 1 rings (SSSR count). The van der Waals surface area contributed by atoms with Crippen LogP contribution in [0.1, 0.15) is 33.1 Å². The number of likely N-dealkylation sites (N-methyl/N-ethyl adjacent to an activating group) is 1. The fourth-order valence-corrected chi connectivity index (χ4v) is 2.24. The van der Waals surface area contributed by atoms with Crippen molar-refractivity contribution in [2.24, 2.45) is 0 Å². The zero-order valence-electron chi connectivity index (χ0n) is 12.1. The smallest absolute Gasteiger partial charge is 0.326 e. The summed E-state index contributed by atoms with van der Waals surface area (Å²) in [6.07, 6.45) is 2.38. The van der Waals surface area contributed by atoms with Gasteiger partial charge in [-0.1, -0.05) is 6.92 Å². The standard InChI is InChI=1S/C13H25N3O3/c1-4-10(2)15(3)9-7-14-13(19)16-8-5-6-11(16)12(17)18/h10-11H,4-9H2,1-3H3,(H,14,19)(H,17,18). The van der Waals surface area contributed by atoms with Gasteiger partial charge in [0.25, 0.3) is 0 Å². The Kier molecular flexibility index (Phi) is 6.08. The third-order valence-electron chi connectivity index (χ3n) is 3.88. The van der Waals surface area contributed by atoms with Gasteiger partial charge in [-0.25, -0.2) is 9.59 Å². The van der Waals surface area contributed by atoms with Gasteiger partial charge < -0.3 is 20.2 Å². The van der Waals surface area contributed by atoms with Crippen molar-refractivity contribution in [2.45, 2.75) is 45.2 Å². The number of likely N-dealkylation sites (tertiary alicyclic amines) is 1. The summed E-state index contributed by atoms with van der Waals surface area (Å²) in [4.78, 5) is 26.5. The molecule has 19 heavy (non-hydrogen) atoms. The number of carbonyl (C=O) groups excluding carboxylic acids is 1. The molecule has 1 heterocycles. The quantitative estimate of drug-likeness (QED) is 0.755. The number of rotatable bonds is 6. The predicted molar refractivity (Wildman–Crippen MR) is 73.1 cm³/mol. The molecule has 2 amide bonds. The van der Waals surface area contributed by atoms with Gasteiger partial charge in [0.1, 0.15) is 6.04 Å². The van der Waals surface area contributed by atoms with Crippen LogP contribution in [0.25, 0.3) is 0 Å². The third-order valence-corrected chi connectivity index (χ3v) is 3.88. The molecule has 0 bridgehead atoms. The lowest BCUT2D eigenvalue weighted by molar-refractivity contribution is -0.141. The average molecular weight is 271 g/mol. The van der Waals surface area contributed by atoms with E-state index in [1.807, 2.05) is 7.05 Å². The molecule has 0 aromatic heterocycles. The third kappa shape index (κ3) is 4.38. The lowest BCUT2D eigenvalue weighted by Crippen LogP contribution is -2.47. The van der Waals surface area contributed by atoms with E-state index in [1.54, 1.807) is 0 Å². The minimum atomic E-state index is -0.913. The highest BCUT2D eigenvalue weighted by Crippen LogP contribution is 2.17. The molecule has 2 atom stereocenters. The Morgan fingerprint density at radius 2 is 2.21 bits per heavy atom. The van der Waals surface area contributed by atoms with Crippen molar-refractivity contribution in [1.82, 2.24) is 15.1 Å². The Bertz CT molecular complexity index is 322. The summed E-state index contributed by atoms with van der Waals surface area (Å²) in [6, 6.07) is -0.440. The highest BCUT2D eigenvalue weighted by Gasteiger charge is 2.33. The zero-order chi connectivity index (χ0) is 14.4. The fourth-order valence-electron chi connectivity index (χ4n) is 2.24. The molecular weight excluding hydrogens is 246 g/mol. The molecule has 110 valence electrons. The topological polar surface area (TPSA) is 72.9 Å². The van der Waals surface area contributed by atoms with Crippen LogP contribution in [0.15, 0.2) is 0 Å². The Labute approximate surface area is 114 Å². The van der Waals surface area contributed by atoms with Crippen molar-refractivity contribution in [3.8, 4) is 0 Å². The minimum Gasteiger partial charge on any atom is -0.480 e. The van der Waals surface area contributed by atoms with Crippen LogP contribution in [-0.4, -0.2) is 65.7 Å². The van der Waals surface area contributed by atoms with Crippen molar-refractivity contribution < 1.29 is 14.7 Å². The maximum atomic E-state index is 11.9. The largest absolute Gasteiger partial charge is 0.480 e. The molecule has 6 heteroatoms. The lowest BCUT2D eigenvalue weighted by Gasteiger charge is -2.25.